The number of nitrogens with one attached hydrogen (secondary N) is 3. The van der Waals surface area contributed by atoms with Crippen LogP contribution in [0.15, 0.2) is 24.3 Å². The van der Waals surface area contributed by atoms with Crippen molar-refractivity contribution in [2.75, 3.05) is 211 Å². The average Bonchev–Trinajstić information content (AvgIpc) is 3.46. The van der Waals surface area contributed by atoms with Crippen LogP contribution < -0.4 is 54.1 Å². The molecule has 0 unspecified atom stereocenters. The number of nitrogens with two attached hydrogens (primary N) is 5. The lowest BCUT2D eigenvalue weighted by molar-refractivity contribution is 0.0693. The molecule has 0 saturated heterocycles. The van der Waals surface area contributed by atoms with Crippen LogP contribution >= 0.6 is 23.2 Å². The number of carboxylic acids is 1. The Balaban J connectivity index is -0.000000205. The summed E-state index contributed by atoms with van der Waals surface area (Å²) in [4.78, 5) is 32.0. The van der Waals surface area contributed by atoms with Gasteiger partial charge in [0.2, 0.25) is 0 Å². The fourth-order valence-electron chi connectivity index (χ4n) is 6.15. The third-order valence-corrected chi connectivity index (χ3v) is 11.4. The molecule has 2 rings (SSSR count). The molecule has 23 heteroatoms. The first-order chi connectivity index (χ1) is 38.0. The maximum absolute atomic E-state index is 12.2. The summed E-state index contributed by atoms with van der Waals surface area (Å²) in [6, 6.07) is 5.71. The zero-order valence-corrected chi connectivity index (χ0v) is 53.9. The predicted molar refractivity (Wildman–Crippen MR) is 336 cm³/mol. The third kappa shape index (κ3) is 53.7. The van der Waals surface area contributed by atoms with E-state index < -0.39 is 5.97 Å². The van der Waals surface area contributed by atoms with Crippen molar-refractivity contribution in [3.05, 3.63) is 45.4 Å². The molecule has 21 nitrogen and oxygen atoms in total. The monoisotopic (exact) mass is 1170 g/mol. The largest absolute Gasteiger partial charge is 0.496 e. The lowest BCUT2D eigenvalue weighted by atomic mass is 10.1. The van der Waals surface area contributed by atoms with E-state index in [1.54, 1.807) is 34.5 Å². The summed E-state index contributed by atoms with van der Waals surface area (Å²) in [5.41, 5.74) is 28.2. The van der Waals surface area contributed by atoms with E-state index in [4.69, 9.17) is 85.4 Å². The van der Waals surface area contributed by atoms with Crippen molar-refractivity contribution < 1.29 is 43.1 Å². The molecule has 1 amide bonds. The van der Waals surface area contributed by atoms with Gasteiger partial charge in [-0.15, -0.1) is 0 Å². The molecule has 0 radical (unpaired) electrons. The normalized spacial score (nSPS) is 10.1. The van der Waals surface area contributed by atoms with Crippen molar-refractivity contribution >= 4 is 46.5 Å². The zero-order valence-electron chi connectivity index (χ0n) is 52.3. The van der Waals surface area contributed by atoms with E-state index in [9.17, 15) is 9.59 Å². The first-order valence-corrected chi connectivity index (χ1v) is 28.9. The summed E-state index contributed by atoms with van der Waals surface area (Å²) in [6.07, 6.45) is 2.48. The molecular formula is C56H118Cl2N12O9. The van der Waals surface area contributed by atoms with Gasteiger partial charge in [-0.05, 0) is 77.3 Å². The van der Waals surface area contributed by atoms with Crippen LogP contribution in [0.2, 0.25) is 10.0 Å². The molecule has 0 aliphatic rings. The summed E-state index contributed by atoms with van der Waals surface area (Å²) < 4.78 is 29.9. The van der Waals surface area contributed by atoms with Gasteiger partial charge in [0.15, 0.2) is 0 Å². The number of rotatable bonds is 35. The van der Waals surface area contributed by atoms with Gasteiger partial charge in [0, 0.05) is 119 Å². The number of anilines is 2. The van der Waals surface area contributed by atoms with Crippen LogP contribution in [0.4, 0.5) is 11.4 Å². The van der Waals surface area contributed by atoms with Crippen molar-refractivity contribution in [2.45, 2.75) is 82.1 Å². The van der Waals surface area contributed by atoms with Gasteiger partial charge in [-0.3, -0.25) is 9.69 Å². The highest BCUT2D eigenvalue weighted by molar-refractivity contribution is 6.34. The first kappa shape index (κ1) is 86.9. The van der Waals surface area contributed by atoms with Gasteiger partial charge < -0.3 is 92.8 Å². The molecule has 0 heterocycles. The number of carboxylic acid groups (broad SMARTS) is 1. The molecular weight excluding hydrogens is 1060 g/mol. The number of carbonyl (C=O) groups excluding carboxylic acids is 1. The second-order valence-corrected chi connectivity index (χ2v) is 17.3. The van der Waals surface area contributed by atoms with Gasteiger partial charge >= 0.3 is 5.97 Å². The Kier molecular flexibility index (Phi) is 73.9. The highest BCUT2D eigenvalue weighted by Crippen LogP contribution is 2.29. The first-order valence-electron chi connectivity index (χ1n) is 28.1. The number of hydrogen-bond acceptors (Lipinski definition) is 19. The third-order valence-electron chi connectivity index (χ3n) is 10.7. The Hall–Kier alpha value is -3.36. The van der Waals surface area contributed by atoms with E-state index >= 15 is 0 Å². The molecule has 0 aliphatic carbocycles. The number of halogens is 2. The van der Waals surface area contributed by atoms with Crippen LogP contribution in [-0.2, 0) is 18.9 Å². The molecule has 0 atom stereocenters. The molecule has 79 heavy (non-hydrogen) atoms. The molecule has 0 aromatic heterocycles. The van der Waals surface area contributed by atoms with Crippen LogP contribution in [0.25, 0.3) is 0 Å². The summed E-state index contributed by atoms with van der Waals surface area (Å²) in [6.45, 7) is 43.1. The number of carbonyl (C=O) groups is 2. The topological polar surface area (TPSA) is 289 Å². The van der Waals surface area contributed by atoms with Gasteiger partial charge in [0.1, 0.15) is 17.1 Å². The van der Waals surface area contributed by atoms with Gasteiger partial charge in [-0.25, -0.2) is 4.79 Å². The summed E-state index contributed by atoms with van der Waals surface area (Å²) in [5.74, 6) is -0.721. The number of aromatic carboxylic acids is 1. The van der Waals surface area contributed by atoms with E-state index in [1.807, 2.05) is 13.8 Å². The Bertz CT molecular complexity index is 1560. The Labute approximate surface area is 490 Å². The van der Waals surface area contributed by atoms with Crippen LogP contribution in [0.1, 0.15) is 103 Å². The van der Waals surface area contributed by atoms with E-state index in [0.29, 0.717) is 40.9 Å². The van der Waals surface area contributed by atoms with Crippen LogP contribution in [0, 0.1) is 0 Å². The highest BCUT2D eigenvalue weighted by Gasteiger charge is 2.16. The molecule has 14 N–H and O–H groups in total. The molecule has 2 aromatic rings. The molecule has 2 aromatic carbocycles. The zero-order chi connectivity index (χ0) is 61.7. The van der Waals surface area contributed by atoms with Crippen molar-refractivity contribution in [3.63, 3.8) is 0 Å². The lowest BCUT2D eigenvalue weighted by Gasteiger charge is -2.20. The van der Waals surface area contributed by atoms with Crippen molar-refractivity contribution in [1.29, 1.82) is 0 Å². The number of amides is 1. The second kappa shape index (κ2) is 67.1. The minimum Gasteiger partial charge on any atom is -0.496 e. The number of nitrogens with zero attached hydrogens (tertiary/aromatic N) is 4. The predicted octanol–water partition coefficient (Wildman–Crippen LogP) is 6.04. The van der Waals surface area contributed by atoms with Gasteiger partial charge in [-0.1, -0.05) is 92.4 Å². The van der Waals surface area contributed by atoms with Crippen molar-refractivity contribution in [2.24, 2.45) is 17.2 Å². The molecule has 0 saturated carbocycles. The summed E-state index contributed by atoms with van der Waals surface area (Å²) in [5, 5.41) is 18.4. The minimum absolute atomic E-state index is 0.00157. The Morgan fingerprint density at radius 3 is 1.13 bits per heavy atom. The number of hydrogen-bond donors (Lipinski definition) is 9. The van der Waals surface area contributed by atoms with E-state index in [1.165, 1.54) is 51.8 Å². The van der Waals surface area contributed by atoms with Crippen LogP contribution in [0.3, 0.4) is 0 Å². The van der Waals surface area contributed by atoms with Crippen LogP contribution in [-0.4, -0.2) is 237 Å². The SMILES string of the molecule is CC.CCCN(CC)CCOC.CCCNCC.CCN(CCN)CCOC.CCN(CCN)CCOC.CCN(CCNC(=O)c1cc(Cl)c(N)cc1OC)CCOC.CCNCCN.COc1cc(N)c(Cl)cc1C(=O)O. The molecule has 0 spiro atoms. The molecule has 470 valence electrons. The number of methoxy groups -OCH3 is 6. The van der Waals surface area contributed by atoms with Crippen molar-refractivity contribution in [1.82, 2.24) is 35.6 Å². The highest BCUT2D eigenvalue weighted by atomic mass is 35.5. The number of ether oxygens (including phenoxy) is 6. The smallest absolute Gasteiger partial charge is 0.339 e. The lowest BCUT2D eigenvalue weighted by Crippen LogP contribution is -2.36. The fourth-order valence-corrected chi connectivity index (χ4v) is 6.48. The number of nitrogen functional groups attached to an aromatic ring is 2. The molecule has 0 fully saturated rings. The van der Waals surface area contributed by atoms with Gasteiger partial charge in [0.05, 0.1) is 67.6 Å². The fraction of sp³-hybridized carbons (Fsp3) is 0.750. The van der Waals surface area contributed by atoms with Gasteiger partial charge in [-0.2, -0.15) is 0 Å². The van der Waals surface area contributed by atoms with E-state index in [2.05, 4.69) is 90.9 Å². The van der Waals surface area contributed by atoms with Crippen LogP contribution in [0.5, 0.6) is 11.5 Å². The standard InChI is InChI=1S/C15H24ClN3O3.C8H8ClNO3.C8H19NO.2C7H18N2O.C5H13N.C4H12N2.C2H6/c1-4-19(7-8-21-2)6-5-18-15(20)11-9-12(16)13(17)10-14(11)22-3;1-13-7-3-6(10)5(9)2-4(7)8(11)12;1-4-6-9(5-2)7-8-10-3;2*1-3-9(5-4-8)6-7-10-2;1-3-5-6-4-2;1-2-6-4-3-5;1-2/h9-10H,4-8,17H2,1-3H3,(H,18,20);2-3H,10H2,1H3,(H,11,12);4-8H2,1-3H3;2*3-8H2,1-2H3;6H,3-5H2,1-2H3;6H,2-5H2,1H3;1-2H3. The van der Waals surface area contributed by atoms with E-state index in [-0.39, 0.29) is 22.2 Å². The number of likely N-dealkylation sites (N-methyl/N-ethyl adjacent to an activating group) is 5. The number of benzene rings is 2. The molecule has 0 aliphatic heterocycles. The quantitative estimate of drug-likeness (QED) is 0.0281. The maximum atomic E-state index is 12.2. The Morgan fingerprint density at radius 2 is 0.848 bits per heavy atom. The van der Waals surface area contributed by atoms with E-state index in [0.717, 1.165) is 138 Å². The molecule has 0 bridgehead atoms. The van der Waals surface area contributed by atoms with Gasteiger partial charge in [0.25, 0.3) is 5.91 Å². The second-order valence-electron chi connectivity index (χ2n) is 16.5. The Morgan fingerprint density at radius 1 is 0.494 bits per heavy atom. The minimum atomic E-state index is -1.10. The summed E-state index contributed by atoms with van der Waals surface area (Å²) in [7, 11) is 9.72. The van der Waals surface area contributed by atoms with Crippen molar-refractivity contribution in [3.8, 4) is 11.5 Å². The maximum Gasteiger partial charge on any atom is 0.339 e. The average molecular weight is 1170 g/mol. The summed E-state index contributed by atoms with van der Waals surface area (Å²) >= 11 is 11.6.